The Labute approximate surface area is 79.3 Å². The maximum absolute atomic E-state index is 11.3. The van der Waals surface area contributed by atoms with E-state index in [0.717, 1.165) is 10.8 Å². The Kier molecular flexibility index (Phi) is 1.75. The van der Waals surface area contributed by atoms with Gasteiger partial charge in [0.1, 0.15) is 0 Å². The van der Waals surface area contributed by atoms with Gasteiger partial charge in [0.15, 0.2) is 0 Å². The lowest BCUT2D eigenvalue weighted by Gasteiger charge is -1.92. The Morgan fingerprint density at radius 2 is 1.92 bits per heavy atom. The van der Waals surface area contributed by atoms with Gasteiger partial charge in [0.2, 0.25) is 8.87 Å². The summed E-state index contributed by atoms with van der Waals surface area (Å²) in [6.07, 6.45) is 0. The summed E-state index contributed by atoms with van der Waals surface area (Å²) in [5.41, 5.74) is 0.664. The highest BCUT2D eigenvalue weighted by Gasteiger charge is 2.30. The number of fused-ring (bicyclic) bond motifs is 1. The summed E-state index contributed by atoms with van der Waals surface area (Å²) >= 11 is 4.91. The molecule has 0 atom stereocenters. The predicted octanol–water partition coefficient (Wildman–Crippen LogP) is 1.80. The third-order valence-corrected chi connectivity index (χ3v) is 5.53. The summed E-state index contributed by atoms with van der Waals surface area (Å²) < 4.78 is 23.1. The molecule has 0 saturated carbocycles. The summed E-state index contributed by atoms with van der Waals surface area (Å²) in [4.78, 5) is 0.347. The van der Waals surface area contributed by atoms with Crippen molar-refractivity contribution in [2.45, 2.75) is 4.90 Å². The minimum atomic E-state index is -3.18. The lowest BCUT2D eigenvalue weighted by Crippen LogP contribution is -1.88. The van der Waals surface area contributed by atoms with Gasteiger partial charge in [-0.25, -0.2) is 8.42 Å². The van der Waals surface area contributed by atoms with Crippen LogP contribution in [0, 0.1) is 0 Å². The van der Waals surface area contributed by atoms with Crippen LogP contribution < -0.4 is 0 Å². The Bertz CT molecular complexity index is 447. The molecule has 0 N–H and O–H groups in total. The minimum Gasteiger partial charge on any atom is -0.212 e. The Hall–Kier alpha value is -0.390. The second kappa shape index (κ2) is 2.55. The zero-order valence-electron chi connectivity index (χ0n) is 5.85. The van der Waals surface area contributed by atoms with Gasteiger partial charge in [0.25, 0.3) is 0 Å². The van der Waals surface area contributed by atoms with E-state index in [1.807, 2.05) is 0 Å². The summed E-state index contributed by atoms with van der Waals surface area (Å²) in [5, 5.41) is 0. The monoisotopic (exact) mass is 216 g/mol. The highest BCUT2D eigenvalue weighted by atomic mass is 33.1. The normalized spacial score (nSPS) is 19.2. The van der Waals surface area contributed by atoms with Crippen LogP contribution in [0.5, 0.6) is 0 Å². The van der Waals surface area contributed by atoms with Gasteiger partial charge < -0.3 is 0 Å². The molecular weight excluding hydrogens is 212 g/mol. The van der Waals surface area contributed by atoms with Crippen LogP contribution in [0.3, 0.4) is 0 Å². The molecule has 0 spiro atoms. The first-order valence-corrected chi connectivity index (χ1v) is 6.41. The lowest BCUT2D eigenvalue weighted by atomic mass is 10.2. The molecule has 1 heterocycles. The van der Waals surface area contributed by atoms with Crippen LogP contribution in [0.15, 0.2) is 29.2 Å². The number of benzene rings is 1. The Balaban J connectivity index is 2.83. The third-order valence-electron chi connectivity index (χ3n) is 1.56. The Morgan fingerprint density at radius 3 is 2.58 bits per heavy atom. The molecule has 0 saturated heterocycles. The number of rotatable bonds is 0. The molecular formula is C7H4O2S3. The van der Waals surface area contributed by atoms with Crippen LogP contribution in [-0.4, -0.2) is 12.6 Å². The van der Waals surface area contributed by atoms with Crippen LogP contribution in [0.25, 0.3) is 0 Å². The molecule has 0 unspecified atom stereocenters. The van der Waals surface area contributed by atoms with Crippen molar-refractivity contribution < 1.29 is 8.42 Å². The van der Waals surface area contributed by atoms with E-state index < -0.39 is 8.87 Å². The number of hydrogen-bond donors (Lipinski definition) is 0. The van der Waals surface area contributed by atoms with Crippen LogP contribution in [0.4, 0.5) is 0 Å². The molecule has 1 aliphatic rings. The maximum Gasteiger partial charge on any atom is 0.236 e. The van der Waals surface area contributed by atoms with Crippen LogP contribution >= 0.6 is 23.0 Å². The van der Waals surface area contributed by atoms with Gasteiger partial charge in [-0.3, -0.25) is 0 Å². The standard InChI is InChI=1S/C7H4O2S3/c8-12(9)6-4-2-1-3-5(6)7(10)11-12/h1-4H. The highest BCUT2D eigenvalue weighted by Crippen LogP contribution is 2.37. The van der Waals surface area contributed by atoms with Crippen LogP contribution in [0.1, 0.15) is 5.56 Å². The van der Waals surface area contributed by atoms with Gasteiger partial charge >= 0.3 is 0 Å². The van der Waals surface area contributed by atoms with Gasteiger partial charge in [0.05, 0.1) is 9.09 Å². The molecule has 0 fully saturated rings. The fraction of sp³-hybridized carbons (Fsp3) is 0. The molecule has 0 amide bonds. The molecule has 0 aromatic heterocycles. The van der Waals surface area contributed by atoms with Gasteiger partial charge in [-0.15, -0.1) is 0 Å². The summed E-state index contributed by atoms with van der Waals surface area (Å²) in [7, 11) is -2.42. The van der Waals surface area contributed by atoms with Crippen LogP contribution in [-0.2, 0) is 8.87 Å². The molecule has 1 aromatic rings. The van der Waals surface area contributed by atoms with Gasteiger partial charge in [-0.2, -0.15) is 0 Å². The average Bonchev–Trinajstić information content (AvgIpc) is 2.25. The Morgan fingerprint density at radius 1 is 1.25 bits per heavy atom. The topological polar surface area (TPSA) is 34.1 Å². The second-order valence-corrected chi connectivity index (χ2v) is 6.73. The van der Waals surface area contributed by atoms with E-state index in [0.29, 0.717) is 14.7 Å². The van der Waals surface area contributed by atoms with Gasteiger partial charge in [0, 0.05) is 16.4 Å². The van der Waals surface area contributed by atoms with Gasteiger partial charge in [-0.05, 0) is 6.07 Å². The first-order chi connectivity index (χ1) is 5.61. The molecule has 0 bridgehead atoms. The first kappa shape index (κ1) is 8.22. The van der Waals surface area contributed by atoms with Crippen molar-refractivity contribution in [1.82, 2.24) is 0 Å². The van der Waals surface area contributed by atoms with Gasteiger partial charge in [-0.1, -0.05) is 30.4 Å². The zero-order chi connectivity index (χ0) is 8.77. The van der Waals surface area contributed by atoms with Crippen molar-refractivity contribution in [3.05, 3.63) is 29.8 Å². The average molecular weight is 216 g/mol. The largest absolute Gasteiger partial charge is 0.236 e. The zero-order valence-corrected chi connectivity index (χ0v) is 8.30. The highest BCUT2D eigenvalue weighted by molar-refractivity contribution is 8.80. The van der Waals surface area contributed by atoms with Crippen molar-refractivity contribution >= 4 is 36.1 Å². The van der Waals surface area contributed by atoms with E-state index in [2.05, 4.69) is 0 Å². The summed E-state index contributed by atoms with van der Waals surface area (Å²) in [6, 6.07) is 6.80. The maximum atomic E-state index is 11.3. The predicted molar refractivity (Wildman–Crippen MR) is 52.9 cm³/mol. The molecule has 0 aliphatic carbocycles. The third kappa shape index (κ3) is 1.09. The van der Waals surface area contributed by atoms with Crippen molar-refractivity contribution in [1.29, 1.82) is 0 Å². The molecule has 2 nitrogen and oxygen atoms in total. The summed E-state index contributed by atoms with van der Waals surface area (Å²) in [5.74, 6) is 0. The fourth-order valence-electron chi connectivity index (χ4n) is 1.04. The molecule has 0 radical (unpaired) electrons. The molecule has 2 rings (SSSR count). The van der Waals surface area contributed by atoms with Crippen molar-refractivity contribution in [2.75, 3.05) is 0 Å². The van der Waals surface area contributed by atoms with E-state index in [1.54, 1.807) is 24.3 Å². The smallest absolute Gasteiger partial charge is 0.212 e. The SMILES string of the molecule is O=S1(=O)SC(=S)c2ccccc21. The molecule has 5 heteroatoms. The fourth-order valence-corrected chi connectivity index (χ4v) is 4.97. The van der Waals surface area contributed by atoms with E-state index in [9.17, 15) is 8.42 Å². The molecule has 1 aliphatic heterocycles. The van der Waals surface area contributed by atoms with Crippen molar-refractivity contribution in [2.24, 2.45) is 0 Å². The van der Waals surface area contributed by atoms with Crippen molar-refractivity contribution in [3.8, 4) is 0 Å². The summed E-state index contributed by atoms with van der Waals surface area (Å²) in [6.45, 7) is 0. The first-order valence-electron chi connectivity index (χ1n) is 3.19. The minimum absolute atomic E-state index is 0.347. The van der Waals surface area contributed by atoms with E-state index >= 15 is 0 Å². The number of thiocarbonyl (C=S) groups is 1. The lowest BCUT2D eigenvalue weighted by molar-refractivity contribution is 0.611. The van der Waals surface area contributed by atoms with E-state index in [-0.39, 0.29) is 0 Å². The second-order valence-electron chi connectivity index (χ2n) is 2.32. The quantitative estimate of drug-likeness (QED) is 0.489. The van der Waals surface area contributed by atoms with Crippen molar-refractivity contribution in [3.63, 3.8) is 0 Å². The van der Waals surface area contributed by atoms with E-state index in [4.69, 9.17) is 12.2 Å². The molecule has 62 valence electrons. The van der Waals surface area contributed by atoms with E-state index in [1.165, 1.54) is 0 Å². The molecule has 1 aromatic carbocycles. The van der Waals surface area contributed by atoms with Crippen LogP contribution in [0.2, 0.25) is 0 Å². The number of hydrogen-bond acceptors (Lipinski definition) is 4. The molecule has 12 heavy (non-hydrogen) atoms.